The number of nitrogens with one attached hydrogen (secondary N) is 3. The molecule has 4 heterocycles. The van der Waals surface area contributed by atoms with Crippen molar-refractivity contribution in [3.63, 3.8) is 0 Å². The van der Waals surface area contributed by atoms with Gasteiger partial charge in [0.15, 0.2) is 29.2 Å². The van der Waals surface area contributed by atoms with Crippen LogP contribution >= 0.6 is 0 Å². The van der Waals surface area contributed by atoms with Crippen LogP contribution in [0.1, 0.15) is 75.9 Å². The van der Waals surface area contributed by atoms with Crippen LogP contribution in [0.4, 0.5) is 26.7 Å². The number of carbonyl (C=O) groups is 7. The number of amides is 7. The molecule has 1 spiro atoms. The average molecular weight is 1190 g/mol. The summed E-state index contributed by atoms with van der Waals surface area (Å²) in [6.45, 7) is 7.21. The molecule has 7 amide bonds. The van der Waals surface area contributed by atoms with Gasteiger partial charge in [0.05, 0.1) is 82.2 Å². The third-order valence-corrected chi connectivity index (χ3v) is 16.0. The highest BCUT2D eigenvalue weighted by molar-refractivity contribution is 6.08. The first-order valence-corrected chi connectivity index (χ1v) is 28.6. The van der Waals surface area contributed by atoms with E-state index in [1.165, 1.54) is 43.4 Å². The number of fused-ring (bicyclic) bond motifs is 4. The number of benzene rings is 5. The Morgan fingerprint density at radius 3 is 2.07 bits per heavy atom. The third-order valence-electron chi connectivity index (χ3n) is 16.0. The average Bonchev–Trinajstić information content (AvgIpc) is 1.75. The summed E-state index contributed by atoms with van der Waals surface area (Å²) >= 11 is 0. The summed E-state index contributed by atoms with van der Waals surface area (Å²) in [4.78, 5) is 101. The summed E-state index contributed by atoms with van der Waals surface area (Å²) in [5, 5.41) is 20.2. The molecule has 1 saturated carbocycles. The van der Waals surface area contributed by atoms with Gasteiger partial charge in [-0.1, -0.05) is 73.3 Å². The summed E-state index contributed by atoms with van der Waals surface area (Å²) in [7, 11) is 4.47. The van der Waals surface area contributed by atoms with Crippen LogP contribution in [-0.4, -0.2) is 142 Å². The van der Waals surface area contributed by atoms with E-state index in [0.29, 0.717) is 36.4 Å². The maximum atomic E-state index is 14.5. The zero-order chi connectivity index (χ0) is 61.4. The summed E-state index contributed by atoms with van der Waals surface area (Å²) in [5.41, 5.74) is 4.06. The van der Waals surface area contributed by atoms with E-state index in [9.17, 15) is 38.7 Å². The van der Waals surface area contributed by atoms with E-state index in [1.54, 1.807) is 53.3 Å². The van der Waals surface area contributed by atoms with Crippen molar-refractivity contribution in [1.82, 2.24) is 20.4 Å². The van der Waals surface area contributed by atoms with Crippen molar-refractivity contribution in [3.8, 4) is 28.7 Å². The second kappa shape index (κ2) is 26.6. The summed E-state index contributed by atoms with van der Waals surface area (Å²) in [5.74, 6) is -0.616. The molecule has 1 saturated heterocycles. The summed E-state index contributed by atoms with van der Waals surface area (Å²) < 4.78 is 40.8. The van der Waals surface area contributed by atoms with Gasteiger partial charge >= 0.3 is 12.2 Å². The number of methoxy groups -OCH3 is 3. The number of aliphatic hydroxyl groups is 1. The minimum atomic E-state index is -1.50. The van der Waals surface area contributed by atoms with Crippen LogP contribution in [0.25, 0.3) is 5.57 Å². The zero-order valence-electron chi connectivity index (χ0n) is 48.6. The highest BCUT2D eigenvalue weighted by Gasteiger charge is 2.58. The topological polar surface area (TPSA) is 253 Å². The number of aliphatic hydroxyl groups excluding tert-OH is 1. The highest BCUT2D eigenvalue weighted by atomic mass is 16.6. The zero-order valence-corrected chi connectivity index (χ0v) is 48.6. The molecule has 22 heteroatoms. The van der Waals surface area contributed by atoms with Crippen LogP contribution in [0.3, 0.4) is 0 Å². The van der Waals surface area contributed by atoms with Crippen molar-refractivity contribution in [1.29, 1.82) is 0 Å². The van der Waals surface area contributed by atoms with Gasteiger partial charge in [-0.05, 0) is 89.8 Å². The number of carbonyl (C=O) groups excluding carboxylic acids is 7. The maximum Gasteiger partial charge on any atom is 0.416 e. The number of nitrogens with zero attached hydrogens (tertiary/aromatic N) is 4. The second-order valence-corrected chi connectivity index (χ2v) is 21.8. The lowest BCUT2D eigenvalue weighted by Gasteiger charge is -2.31. The van der Waals surface area contributed by atoms with Gasteiger partial charge in [0, 0.05) is 49.8 Å². The number of anilines is 3. The smallest absolute Gasteiger partial charge is 0.416 e. The molecule has 4 N–H and O–H groups in total. The van der Waals surface area contributed by atoms with E-state index < -0.39 is 48.4 Å². The fraction of sp³-hybridized carbons (Fsp3) is 0.338. The molecule has 0 radical (unpaired) electrons. The Hall–Kier alpha value is -9.83. The normalized spacial score (nSPS) is 18.0. The Bertz CT molecular complexity index is 3480. The molecule has 87 heavy (non-hydrogen) atoms. The van der Waals surface area contributed by atoms with Crippen LogP contribution in [0.5, 0.6) is 28.7 Å². The maximum absolute atomic E-state index is 14.5. The molecule has 22 nitrogen and oxygen atoms in total. The van der Waals surface area contributed by atoms with Gasteiger partial charge in [-0.2, -0.15) is 0 Å². The van der Waals surface area contributed by atoms with Crippen molar-refractivity contribution in [3.05, 3.63) is 162 Å². The lowest BCUT2D eigenvalue weighted by Crippen LogP contribution is -2.50. The molecule has 4 atom stereocenters. The fourth-order valence-corrected chi connectivity index (χ4v) is 11.4. The largest absolute Gasteiger partial charge is 0.497 e. The Morgan fingerprint density at radius 2 is 1.43 bits per heavy atom. The van der Waals surface area contributed by atoms with Crippen molar-refractivity contribution in [2.24, 2.45) is 5.41 Å². The van der Waals surface area contributed by atoms with E-state index in [1.807, 2.05) is 60.8 Å². The van der Waals surface area contributed by atoms with Crippen molar-refractivity contribution < 1.29 is 71.8 Å². The minimum absolute atomic E-state index is 0.0214. The van der Waals surface area contributed by atoms with Crippen LogP contribution in [0.15, 0.2) is 135 Å². The SMILES string of the molecule is C=CCOC(=O)N1C[C@@H]2CC(c3ccc(OC)cc3)=CN2C(=O)c2cc(OC)c(OCCCOc3cc4c(cc3OC)C(=O)N3CC5(CC5)C[C@H]3C(O)N4C(=O)OCc3ccc(NC(=O)CNC(=O)C(Cc4ccccc4)NC(=O)CC=C)cc3)cc21. The highest BCUT2D eigenvalue weighted by Crippen LogP contribution is 2.57. The molecular weight excluding hydrogens is 1120 g/mol. The van der Waals surface area contributed by atoms with Crippen LogP contribution in [0, 0.1) is 5.41 Å². The van der Waals surface area contributed by atoms with Crippen LogP contribution in [-0.2, 0) is 36.9 Å². The Kier molecular flexibility index (Phi) is 18.4. The predicted molar refractivity (Wildman–Crippen MR) is 321 cm³/mol. The van der Waals surface area contributed by atoms with Gasteiger partial charge < -0.3 is 64.0 Å². The van der Waals surface area contributed by atoms with E-state index >= 15 is 0 Å². The van der Waals surface area contributed by atoms with Crippen molar-refractivity contribution >= 4 is 64.4 Å². The standard InChI is InChI=1S/C65H69N7O15/c1-6-12-57(73)68-49(28-40-13-9-8-10-14-40)59(75)66-35-58(74)67-44-19-15-41(16-20-44)38-87-64(80)72-51-33-56(54(83-5)31-48(51)61(77)71-39-65(23-24-65)34-52(71)62(72)78)85-27-11-26-84-55-32-50-47(30-53(55)82-4)60(76)69-36-43(42-17-21-46(81-3)22-18-42)29-45(69)37-70(50)63(79)86-25-7-2/h6-10,13-22,30-33,36,45,49,52,62,78H,1-2,11-12,23-29,34-35,37-39H2,3-5H3,(H,66,75)(H,67,74)(H,68,73)/t45-,49?,52-,62?/m0/s1. The molecule has 0 bridgehead atoms. The molecule has 5 aromatic rings. The first-order valence-electron chi connectivity index (χ1n) is 28.6. The monoisotopic (exact) mass is 1190 g/mol. The van der Waals surface area contributed by atoms with Crippen LogP contribution < -0.4 is 49.4 Å². The number of hydrogen-bond acceptors (Lipinski definition) is 15. The Labute approximate surface area is 503 Å². The molecule has 10 rings (SSSR count). The van der Waals surface area contributed by atoms with Crippen molar-refractivity contribution in [2.45, 2.75) is 75.9 Å². The minimum Gasteiger partial charge on any atom is -0.497 e. The predicted octanol–water partition coefficient (Wildman–Crippen LogP) is 7.79. The number of rotatable bonds is 23. The van der Waals surface area contributed by atoms with Gasteiger partial charge in [-0.3, -0.25) is 28.9 Å². The van der Waals surface area contributed by atoms with E-state index in [2.05, 4.69) is 29.1 Å². The van der Waals surface area contributed by atoms with Gasteiger partial charge in [-0.25, -0.2) is 14.5 Å². The van der Waals surface area contributed by atoms with E-state index in [4.69, 9.17) is 33.2 Å². The van der Waals surface area contributed by atoms with Gasteiger partial charge in [-0.15, -0.1) is 6.58 Å². The molecule has 454 valence electrons. The molecule has 1 aliphatic carbocycles. The molecule has 4 aliphatic heterocycles. The van der Waals surface area contributed by atoms with Crippen LogP contribution in [0.2, 0.25) is 0 Å². The Balaban J connectivity index is 0.800. The molecule has 5 aromatic carbocycles. The first kappa shape index (κ1) is 60.3. The van der Waals surface area contributed by atoms with E-state index in [-0.39, 0.29) is 127 Å². The molecular formula is C65H69N7O15. The molecule has 2 fully saturated rings. The molecule has 5 aliphatic rings. The lowest BCUT2D eigenvalue weighted by atomic mass is 10.0. The van der Waals surface area contributed by atoms with Crippen molar-refractivity contribution in [2.75, 3.05) is 75.9 Å². The van der Waals surface area contributed by atoms with Gasteiger partial charge in [0.1, 0.15) is 25.0 Å². The second-order valence-electron chi connectivity index (χ2n) is 21.8. The number of ether oxygens (including phenoxy) is 7. The molecule has 2 unspecified atom stereocenters. The molecule has 0 aromatic heterocycles. The number of hydrogen-bond donors (Lipinski definition) is 4. The first-order chi connectivity index (χ1) is 42.1. The van der Waals surface area contributed by atoms with Gasteiger partial charge in [0.2, 0.25) is 17.7 Å². The third kappa shape index (κ3) is 13.5. The van der Waals surface area contributed by atoms with E-state index in [0.717, 1.165) is 34.4 Å². The summed E-state index contributed by atoms with van der Waals surface area (Å²) in [6, 6.07) is 27.2. The fourth-order valence-electron chi connectivity index (χ4n) is 11.4. The lowest BCUT2D eigenvalue weighted by molar-refractivity contribution is -0.129. The summed E-state index contributed by atoms with van der Waals surface area (Å²) in [6.07, 6.45) is 4.85. The Morgan fingerprint density at radius 1 is 0.747 bits per heavy atom. The quantitative estimate of drug-likeness (QED) is 0.0360. The van der Waals surface area contributed by atoms with Gasteiger partial charge in [0.25, 0.3) is 11.8 Å².